The van der Waals surface area contributed by atoms with Gasteiger partial charge in [-0.1, -0.05) is 29.8 Å². The van der Waals surface area contributed by atoms with E-state index in [9.17, 15) is 14.9 Å². The van der Waals surface area contributed by atoms with Gasteiger partial charge in [-0.2, -0.15) is 0 Å². The maximum atomic E-state index is 12.5. The molecule has 3 aromatic carbocycles. The summed E-state index contributed by atoms with van der Waals surface area (Å²) in [5.41, 5.74) is 3.02. The fourth-order valence-electron chi connectivity index (χ4n) is 3.06. The molecular formula is C22H15ClN4O4S. The number of nitrogens with zero attached hydrogens (tertiary/aromatic N) is 2. The minimum atomic E-state index is -0.681. The van der Waals surface area contributed by atoms with Crippen molar-refractivity contribution in [1.29, 1.82) is 0 Å². The van der Waals surface area contributed by atoms with Gasteiger partial charge < -0.3 is 9.73 Å². The zero-order valence-electron chi connectivity index (χ0n) is 16.6. The van der Waals surface area contributed by atoms with Crippen LogP contribution in [0.2, 0.25) is 5.02 Å². The lowest BCUT2D eigenvalue weighted by atomic mass is 10.1. The number of rotatable bonds is 4. The number of halogens is 1. The molecule has 0 unspecified atom stereocenters. The molecule has 0 aliphatic heterocycles. The number of aromatic nitrogens is 1. The predicted molar refractivity (Wildman–Crippen MR) is 126 cm³/mol. The lowest BCUT2D eigenvalue weighted by Crippen LogP contribution is -2.34. The zero-order valence-corrected chi connectivity index (χ0v) is 18.2. The van der Waals surface area contributed by atoms with E-state index in [0.717, 1.165) is 5.56 Å². The van der Waals surface area contributed by atoms with Crippen LogP contribution in [0.15, 0.2) is 65.1 Å². The van der Waals surface area contributed by atoms with E-state index >= 15 is 0 Å². The standard InChI is InChI=1S/C22H15ClN4O4S/c1-12-6-7-13(21-24-17-11-14(23)8-9-19(17)31-21)10-16(12)25-22(32)26-20(28)15-4-2-3-5-18(15)27(29)30/h2-11H,1H3,(H2,25,26,28,32). The first-order valence-corrected chi connectivity index (χ1v) is 10.1. The second-order valence-corrected chi connectivity index (χ2v) is 7.69. The summed E-state index contributed by atoms with van der Waals surface area (Å²) in [7, 11) is 0. The van der Waals surface area contributed by atoms with Gasteiger partial charge in [0, 0.05) is 22.3 Å². The number of amides is 1. The average Bonchev–Trinajstić information content (AvgIpc) is 3.18. The van der Waals surface area contributed by atoms with E-state index in [1.165, 1.54) is 18.2 Å². The largest absolute Gasteiger partial charge is 0.436 e. The number of oxazole rings is 1. The van der Waals surface area contributed by atoms with Crippen LogP contribution < -0.4 is 10.6 Å². The van der Waals surface area contributed by atoms with Gasteiger partial charge in [0.2, 0.25) is 5.89 Å². The number of anilines is 1. The number of benzene rings is 3. The molecule has 1 aromatic heterocycles. The summed E-state index contributed by atoms with van der Waals surface area (Å²) in [4.78, 5) is 27.5. The molecule has 0 radical (unpaired) electrons. The van der Waals surface area contributed by atoms with Crippen molar-refractivity contribution in [3.05, 3.63) is 86.9 Å². The van der Waals surface area contributed by atoms with Gasteiger partial charge >= 0.3 is 0 Å². The van der Waals surface area contributed by atoms with Gasteiger partial charge in [0.05, 0.1) is 4.92 Å². The number of fused-ring (bicyclic) bond motifs is 1. The third kappa shape index (κ3) is 4.43. The van der Waals surface area contributed by atoms with Crippen LogP contribution in [-0.4, -0.2) is 20.9 Å². The third-order valence-electron chi connectivity index (χ3n) is 4.65. The summed E-state index contributed by atoms with van der Waals surface area (Å²) in [5, 5.41) is 17.1. The molecule has 10 heteroatoms. The minimum absolute atomic E-state index is 0.00209. The molecule has 160 valence electrons. The SMILES string of the molecule is Cc1ccc(-c2nc3cc(Cl)ccc3o2)cc1NC(=S)NC(=O)c1ccccc1[N+](=O)[O-]. The van der Waals surface area contributed by atoms with E-state index in [4.69, 9.17) is 28.2 Å². The zero-order chi connectivity index (χ0) is 22.8. The Kier molecular flexibility index (Phi) is 5.85. The number of nitro groups is 1. The van der Waals surface area contributed by atoms with Crippen molar-refractivity contribution in [3.63, 3.8) is 0 Å². The van der Waals surface area contributed by atoms with Crippen LogP contribution in [0.1, 0.15) is 15.9 Å². The molecule has 32 heavy (non-hydrogen) atoms. The van der Waals surface area contributed by atoms with E-state index in [2.05, 4.69) is 15.6 Å². The van der Waals surface area contributed by atoms with E-state index in [0.29, 0.717) is 33.3 Å². The second-order valence-electron chi connectivity index (χ2n) is 6.84. The van der Waals surface area contributed by atoms with Gasteiger partial charge in [-0.25, -0.2) is 4.98 Å². The summed E-state index contributed by atoms with van der Waals surface area (Å²) < 4.78 is 5.80. The van der Waals surface area contributed by atoms with E-state index in [1.54, 1.807) is 30.3 Å². The quantitative estimate of drug-likeness (QED) is 0.232. The number of nitro benzene ring substituents is 1. The van der Waals surface area contributed by atoms with Crippen molar-refractivity contribution in [2.24, 2.45) is 0 Å². The van der Waals surface area contributed by atoms with Crippen molar-refractivity contribution < 1.29 is 14.1 Å². The van der Waals surface area contributed by atoms with Gasteiger partial charge in [-0.05, 0) is 61.1 Å². The molecule has 0 saturated heterocycles. The Bertz CT molecular complexity index is 1390. The van der Waals surface area contributed by atoms with E-state index < -0.39 is 10.8 Å². The van der Waals surface area contributed by atoms with Crippen LogP contribution in [0.4, 0.5) is 11.4 Å². The van der Waals surface area contributed by atoms with Crippen molar-refractivity contribution in [2.45, 2.75) is 6.92 Å². The molecule has 0 saturated carbocycles. The maximum absolute atomic E-state index is 12.5. The number of nitrogens with one attached hydrogen (secondary N) is 2. The predicted octanol–water partition coefficient (Wildman–Crippen LogP) is 5.49. The Labute approximate surface area is 192 Å². The second kappa shape index (κ2) is 8.74. The number of para-hydroxylation sites is 1. The summed E-state index contributed by atoms with van der Waals surface area (Å²) in [6.45, 7) is 1.87. The van der Waals surface area contributed by atoms with Crippen LogP contribution >= 0.6 is 23.8 Å². The number of carbonyl (C=O) groups is 1. The van der Waals surface area contributed by atoms with Crippen LogP contribution in [0.5, 0.6) is 0 Å². The smallest absolute Gasteiger partial charge is 0.282 e. The molecule has 0 bridgehead atoms. The first-order valence-electron chi connectivity index (χ1n) is 9.34. The van der Waals surface area contributed by atoms with E-state index in [1.807, 2.05) is 19.1 Å². The van der Waals surface area contributed by atoms with Crippen LogP contribution in [-0.2, 0) is 0 Å². The lowest BCUT2D eigenvalue weighted by Gasteiger charge is -2.12. The van der Waals surface area contributed by atoms with Gasteiger partial charge in [-0.3, -0.25) is 20.2 Å². The molecule has 0 aliphatic carbocycles. The molecule has 8 nitrogen and oxygen atoms in total. The Morgan fingerprint density at radius 2 is 1.94 bits per heavy atom. The lowest BCUT2D eigenvalue weighted by molar-refractivity contribution is -0.385. The highest BCUT2D eigenvalue weighted by Gasteiger charge is 2.20. The summed E-state index contributed by atoms with van der Waals surface area (Å²) in [6, 6.07) is 16.3. The van der Waals surface area contributed by atoms with Crippen LogP contribution in [0.25, 0.3) is 22.6 Å². The van der Waals surface area contributed by atoms with Crippen molar-refractivity contribution in [1.82, 2.24) is 10.3 Å². The molecule has 0 aliphatic rings. The Balaban J connectivity index is 1.55. The molecule has 0 atom stereocenters. The van der Waals surface area contributed by atoms with E-state index in [-0.39, 0.29) is 16.4 Å². The fourth-order valence-corrected chi connectivity index (χ4v) is 3.43. The molecule has 1 heterocycles. The Morgan fingerprint density at radius 3 is 2.72 bits per heavy atom. The summed E-state index contributed by atoms with van der Waals surface area (Å²) >= 11 is 11.3. The normalized spacial score (nSPS) is 10.7. The minimum Gasteiger partial charge on any atom is -0.436 e. The topological polar surface area (TPSA) is 110 Å². The molecule has 4 aromatic rings. The van der Waals surface area contributed by atoms with Crippen LogP contribution in [0, 0.1) is 17.0 Å². The number of hydrogen-bond acceptors (Lipinski definition) is 6. The van der Waals surface area contributed by atoms with Gasteiger partial charge in [0.1, 0.15) is 11.1 Å². The maximum Gasteiger partial charge on any atom is 0.282 e. The highest BCUT2D eigenvalue weighted by molar-refractivity contribution is 7.80. The van der Waals surface area contributed by atoms with Gasteiger partial charge in [0.25, 0.3) is 11.6 Å². The number of carbonyl (C=O) groups excluding carboxylic acids is 1. The average molecular weight is 467 g/mol. The highest BCUT2D eigenvalue weighted by Crippen LogP contribution is 2.29. The first kappa shape index (κ1) is 21.4. The molecule has 0 spiro atoms. The molecule has 2 N–H and O–H groups in total. The highest BCUT2D eigenvalue weighted by atomic mass is 35.5. The van der Waals surface area contributed by atoms with Crippen molar-refractivity contribution in [3.8, 4) is 11.5 Å². The number of thiocarbonyl (C=S) groups is 1. The van der Waals surface area contributed by atoms with Gasteiger partial charge in [-0.15, -0.1) is 0 Å². The fraction of sp³-hybridized carbons (Fsp3) is 0.0455. The molecular weight excluding hydrogens is 452 g/mol. The molecule has 0 fully saturated rings. The number of aryl methyl sites for hydroxylation is 1. The third-order valence-corrected chi connectivity index (χ3v) is 5.09. The Morgan fingerprint density at radius 1 is 1.16 bits per heavy atom. The number of hydrogen-bond donors (Lipinski definition) is 2. The summed E-state index contributed by atoms with van der Waals surface area (Å²) in [6.07, 6.45) is 0. The Hall–Kier alpha value is -3.82. The van der Waals surface area contributed by atoms with Crippen LogP contribution in [0.3, 0.4) is 0 Å². The summed E-state index contributed by atoms with van der Waals surface area (Å²) in [5.74, 6) is -0.278. The molecule has 1 amide bonds. The molecule has 4 rings (SSSR count). The van der Waals surface area contributed by atoms with Crippen molar-refractivity contribution >= 4 is 57.3 Å². The first-order chi connectivity index (χ1) is 15.3. The van der Waals surface area contributed by atoms with Crippen molar-refractivity contribution in [2.75, 3.05) is 5.32 Å². The van der Waals surface area contributed by atoms with Gasteiger partial charge in [0.15, 0.2) is 10.7 Å². The monoisotopic (exact) mass is 466 g/mol.